The lowest BCUT2D eigenvalue weighted by Gasteiger charge is -2.13. The molecule has 0 radical (unpaired) electrons. The third-order valence-electron chi connectivity index (χ3n) is 4.26. The van der Waals surface area contributed by atoms with Crippen molar-refractivity contribution in [3.63, 3.8) is 0 Å². The Morgan fingerprint density at radius 3 is 2.04 bits per heavy atom. The second kappa shape index (κ2) is 7.39. The number of carbonyl (C=O) groups excluding carboxylic acids is 2. The molecule has 0 aliphatic carbocycles. The summed E-state index contributed by atoms with van der Waals surface area (Å²) >= 11 is 0. The Labute approximate surface area is 152 Å². The SMILES string of the molecule is CCc1ccc(S(=O)(=O)OCCCN2C(=O)c3ccccc3C2=O)cc1. The number of imide groups is 1. The zero-order chi connectivity index (χ0) is 18.7. The van der Waals surface area contributed by atoms with Crippen molar-refractivity contribution in [2.45, 2.75) is 24.7 Å². The largest absolute Gasteiger partial charge is 0.296 e. The van der Waals surface area contributed by atoms with Gasteiger partial charge in [0.15, 0.2) is 0 Å². The molecule has 1 aliphatic heterocycles. The fourth-order valence-corrected chi connectivity index (χ4v) is 3.74. The van der Waals surface area contributed by atoms with Crippen LogP contribution in [0, 0.1) is 0 Å². The van der Waals surface area contributed by atoms with Crippen LogP contribution >= 0.6 is 0 Å². The van der Waals surface area contributed by atoms with Gasteiger partial charge in [0.05, 0.1) is 22.6 Å². The van der Waals surface area contributed by atoms with Gasteiger partial charge < -0.3 is 0 Å². The maximum Gasteiger partial charge on any atom is 0.296 e. The highest BCUT2D eigenvalue weighted by Crippen LogP contribution is 2.22. The molecule has 0 spiro atoms. The molecule has 0 saturated carbocycles. The zero-order valence-corrected chi connectivity index (χ0v) is 15.2. The second-order valence-corrected chi connectivity index (χ2v) is 7.55. The fourth-order valence-electron chi connectivity index (χ4n) is 2.79. The van der Waals surface area contributed by atoms with E-state index in [1.54, 1.807) is 36.4 Å². The molecule has 0 unspecified atom stereocenters. The van der Waals surface area contributed by atoms with E-state index in [4.69, 9.17) is 4.18 Å². The van der Waals surface area contributed by atoms with E-state index >= 15 is 0 Å². The Morgan fingerprint density at radius 2 is 1.50 bits per heavy atom. The van der Waals surface area contributed by atoms with E-state index in [1.165, 1.54) is 12.1 Å². The topological polar surface area (TPSA) is 80.8 Å². The summed E-state index contributed by atoms with van der Waals surface area (Å²) in [4.78, 5) is 25.7. The van der Waals surface area contributed by atoms with E-state index < -0.39 is 10.1 Å². The zero-order valence-electron chi connectivity index (χ0n) is 14.3. The standard InChI is InChI=1S/C19H19NO5S/c1-2-14-8-10-15(11-9-14)26(23,24)25-13-5-12-20-18(21)16-6-3-4-7-17(16)19(20)22/h3-4,6-11H,2,5,12-13H2,1H3. The summed E-state index contributed by atoms with van der Waals surface area (Å²) < 4.78 is 29.4. The molecule has 0 saturated heterocycles. The van der Waals surface area contributed by atoms with Crippen LogP contribution in [0.5, 0.6) is 0 Å². The average molecular weight is 373 g/mol. The van der Waals surface area contributed by atoms with Crippen molar-refractivity contribution in [2.75, 3.05) is 13.2 Å². The fraction of sp³-hybridized carbons (Fsp3) is 0.263. The van der Waals surface area contributed by atoms with Crippen LogP contribution < -0.4 is 0 Å². The first kappa shape index (κ1) is 18.3. The molecule has 26 heavy (non-hydrogen) atoms. The normalized spacial score (nSPS) is 14.0. The Hall–Kier alpha value is -2.51. The molecule has 0 aromatic heterocycles. The van der Waals surface area contributed by atoms with Gasteiger partial charge in [-0.3, -0.25) is 18.7 Å². The van der Waals surface area contributed by atoms with Crippen molar-refractivity contribution in [1.29, 1.82) is 0 Å². The molecule has 0 bridgehead atoms. The summed E-state index contributed by atoms with van der Waals surface area (Å²) in [5, 5.41) is 0. The predicted octanol–water partition coefficient (Wildman–Crippen LogP) is 2.64. The number of aryl methyl sites for hydroxylation is 1. The number of rotatable bonds is 7. The Kier molecular flexibility index (Phi) is 5.20. The van der Waals surface area contributed by atoms with E-state index in [0.717, 1.165) is 16.9 Å². The van der Waals surface area contributed by atoms with Gasteiger partial charge in [-0.2, -0.15) is 8.42 Å². The number of amides is 2. The van der Waals surface area contributed by atoms with E-state index in [9.17, 15) is 18.0 Å². The van der Waals surface area contributed by atoms with Gasteiger partial charge in [0.25, 0.3) is 21.9 Å². The summed E-state index contributed by atoms with van der Waals surface area (Å²) in [6, 6.07) is 13.1. The van der Waals surface area contributed by atoms with Gasteiger partial charge in [-0.25, -0.2) is 0 Å². The first-order valence-corrected chi connectivity index (χ1v) is 9.78. The minimum atomic E-state index is -3.85. The van der Waals surface area contributed by atoms with Crippen molar-refractivity contribution in [2.24, 2.45) is 0 Å². The van der Waals surface area contributed by atoms with Crippen LogP contribution in [0.25, 0.3) is 0 Å². The Morgan fingerprint density at radius 1 is 0.923 bits per heavy atom. The molecule has 6 nitrogen and oxygen atoms in total. The summed E-state index contributed by atoms with van der Waals surface area (Å²) in [6.07, 6.45) is 1.05. The van der Waals surface area contributed by atoms with Crippen LogP contribution in [0.1, 0.15) is 39.6 Å². The van der Waals surface area contributed by atoms with E-state index in [-0.39, 0.29) is 36.3 Å². The summed E-state index contributed by atoms with van der Waals surface area (Å²) in [6.45, 7) is 1.99. The molecule has 2 amide bonds. The molecule has 0 atom stereocenters. The minimum absolute atomic E-state index is 0.0930. The first-order chi connectivity index (χ1) is 12.4. The van der Waals surface area contributed by atoms with Gasteiger partial charge in [-0.1, -0.05) is 31.2 Å². The third-order valence-corrected chi connectivity index (χ3v) is 5.59. The van der Waals surface area contributed by atoms with Crippen molar-refractivity contribution >= 4 is 21.9 Å². The third kappa shape index (κ3) is 3.54. The maximum absolute atomic E-state index is 12.2. The summed E-state index contributed by atoms with van der Waals surface area (Å²) in [5.41, 5.74) is 1.79. The van der Waals surface area contributed by atoms with E-state index in [0.29, 0.717) is 11.1 Å². The average Bonchev–Trinajstić information content (AvgIpc) is 2.90. The van der Waals surface area contributed by atoms with E-state index in [1.807, 2.05) is 6.92 Å². The highest BCUT2D eigenvalue weighted by molar-refractivity contribution is 7.86. The van der Waals surface area contributed by atoms with Crippen LogP contribution in [-0.4, -0.2) is 38.3 Å². The molecule has 136 valence electrons. The molecule has 7 heteroatoms. The molecular formula is C19H19NO5S. The number of fused-ring (bicyclic) bond motifs is 1. The molecule has 0 N–H and O–H groups in total. The van der Waals surface area contributed by atoms with Gasteiger partial charge in [-0.05, 0) is 42.7 Å². The van der Waals surface area contributed by atoms with Gasteiger partial charge >= 0.3 is 0 Å². The molecular weight excluding hydrogens is 354 g/mol. The first-order valence-electron chi connectivity index (χ1n) is 8.37. The van der Waals surface area contributed by atoms with E-state index in [2.05, 4.69) is 0 Å². The number of hydrogen-bond donors (Lipinski definition) is 0. The Balaban J connectivity index is 1.56. The van der Waals surface area contributed by atoms with Crippen LogP contribution in [0.4, 0.5) is 0 Å². The predicted molar refractivity (Wildman–Crippen MR) is 95.4 cm³/mol. The molecule has 2 aromatic carbocycles. The lowest BCUT2D eigenvalue weighted by molar-refractivity contribution is 0.0647. The smallest absolute Gasteiger partial charge is 0.274 e. The second-order valence-electron chi connectivity index (χ2n) is 5.93. The summed E-state index contributed by atoms with van der Waals surface area (Å²) in [7, 11) is -3.85. The monoisotopic (exact) mass is 373 g/mol. The molecule has 1 aliphatic rings. The minimum Gasteiger partial charge on any atom is -0.274 e. The van der Waals surface area contributed by atoms with Crippen molar-refractivity contribution in [3.05, 3.63) is 65.2 Å². The highest BCUT2D eigenvalue weighted by Gasteiger charge is 2.34. The molecule has 3 rings (SSSR count). The lowest BCUT2D eigenvalue weighted by Crippen LogP contribution is -2.31. The molecule has 1 heterocycles. The van der Waals surface area contributed by atoms with Gasteiger partial charge in [0.1, 0.15) is 0 Å². The summed E-state index contributed by atoms with van der Waals surface area (Å²) in [5.74, 6) is -0.716. The van der Waals surface area contributed by atoms with Crippen LogP contribution in [0.3, 0.4) is 0 Å². The van der Waals surface area contributed by atoms with Crippen molar-refractivity contribution in [3.8, 4) is 0 Å². The maximum atomic E-state index is 12.2. The van der Waals surface area contributed by atoms with Crippen LogP contribution in [-0.2, 0) is 20.7 Å². The van der Waals surface area contributed by atoms with Crippen LogP contribution in [0.15, 0.2) is 53.4 Å². The lowest BCUT2D eigenvalue weighted by atomic mass is 10.1. The van der Waals surface area contributed by atoms with Gasteiger partial charge in [0, 0.05) is 6.54 Å². The number of nitrogens with zero attached hydrogens (tertiary/aromatic N) is 1. The number of hydrogen-bond acceptors (Lipinski definition) is 5. The molecule has 2 aromatic rings. The highest BCUT2D eigenvalue weighted by atomic mass is 32.2. The van der Waals surface area contributed by atoms with Crippen molar-refractivity contribution < 1.29 is 22.2 Å². The Bertz CT molecular complexity index is 900. The van der Waals surface area contributed by atoms with Gasteiger partial charge in [0.2, 0.25) is 0 Å². The number of carbonyl (C=O) groups is 2. The van der Waals surface area contributed by atoms with Gasteiger partial charge in [-0.15, -0.1) is 0 Å². The number of benzene rings is 2. The van der Waals surface area contributed by atoms with Crippen molar-refractivity contribution in [1.82, 2.24) is 4.90 Å². The quantitative estimate of drug-likeness (QED) is 0.423. The van der Waals surface area contributed by atoms with Crippen LogP contribution in [0.2, 0.25) is 0 Å². The molecule has 0 fully saturated rings.